The van der Waals surface area contributed by atoms with E-state index in [-0.39, 0.29) is 17.5 Å². The maximum atomic E-state index is 13.2. The number of phenols is 1. The van der Waals surface area contributed by atoms with Crippen molar-refractivity contribution in [3.8, 4) is 28.3 Å². The van der Waals surface area contributed by atoms with E-state index in [1.807, 2.05) is 84.9 Å². The Bertz CT molecular complexity index is 2650. The van der Waals surface area contributed by atoms with Crippen LogP contribution in [0.25, 0.3) is 33.4 Å². The first kappa shape index (κ1) is 33.3. The summed E-state index contributed by atoms with van der Waals surface area (Å²) in [6.45, 7) is 0.501. The smallest absolute Gasteiger partial charge is 0.281 e. The fourth-order valence-corrected chi connectivity index (χ4v) is 8.39. The van der Waals surface area contributed by atoms with Crippen LogP contribution in [-0.4, -0.2) is 14.7 Å². The van der Waals surface area contributed by atoms with Crippen LogP contribution in [0.3, 0.4) is 0 Å². The normalized spacial score (nSPS) is 12.6. The van der Waals surface area contributed by atoms with E-state index in [4.69, 9.17) is 0 Å². The summed E-state index contributed by atoms with van der Waals surface area (Å²) >= 11 is 1.67. The third-order valence-electron chi connectivity index (χ3n) is 9.96. The van der Waals surface area contributed by atoms with E-state index in [2.05, 4.69) is 111 Å². The van der Waals surface area contributed by atoms with Gasteiger partial charge in [0.25, 0.3) is 5.56 Å². The molecule has 2 heterocycles. The molecule has 0 bridgehead atoms. The molecule has 1 aliphatic rings. The zero-order chi connectivity index (χ0) is 36.4. The quantitative estimate of drug-likeness (QED) is 0.155. The Balaban J connectivity index is 1.15. The summed E-state index contributed by atoms with van der Waals surface area (Å²) in [4.78, 5) is 22.2. The Morgan fingerprint density at radius 3 is 2.02 bits per heavy atom. The molecule has 0 saturated heterocycles. The molecule has 0 amide bonds. The lowest BCUT2D eigenvalue weighted by Gasteiger charge is -2.40. The number of phenolic OH excluding ortho intramolecular Hbond substituents is 1. The number of fused-ring (bicyclic) bond motifs is 3. The van der Waals surface area contributed by atoms with Crippen LogP contribution in [0.4, 0.5) is 17.1 Å². The summed E-state index contributed by atoms with van der Waals surface area (Å²) in [6, 6.07) is 59.4. The molecule has 9 rings (SSSR count). The number of hydrogen-bond donors (Lipinski definition) is 2. The summed E-state index contributed by atoms with van der Waals surface area (Å²) in [5.74, 6) is 0.842. The standard InChI is InChI=1S/C47H36N4O2S/c52-42-31-44-41(30-36(42)28-29-50-39-21-11-10-20-38(39)47(53)49-45(50)34-16-6-2-7-17-34)51(40-22-12-13-23-43(40)54-44)46(48-37-18-8-3-9-19-37)35-26-24-33(25-27-35)32-14-4-1-5-15-32/h1-27,30-31,46,48,52H,28-29H2. The fourth-order valence-electron chi connectivity index (χ4n) is 7.30. The summed E-state index contributed by atoms with van der Waals surface area (Å²) in [7, 11) is 0. The van der Waals surface area contributed by atoms with Gasteiger partial charge in [0.15, 0.2) is 0 Å². The van der Waals surface area contributed by atoms with Crippen molar-refractivity contribution < 1.29 is 5.11 Å². The third-order valence-corrected chi connectivity index (χ3v) is 11.1. The van der Waals surface area contributed by atoms with Crippen molar-refractivity contribution in [2.24, 2.45) is 0 Å². The predicted molar refractivity (Wildman–Crippen MR) is 221 cm³/mol. The molecule has 1 aliphatic heterocycles. The second-order valence-corrected chi connectivity index (χ2v) is 14.4. The summed E-state index contributed by atoms with van der Waals surface area (Å²) < 4.78 is 2.10. The number of rotatable bonds is 9. The average molecular weight is 721 g/mol. The van der Waals surface area contributed by atoms with Crippen molar-refractivity contribution in [2.75, 3.05) is 10.2 Å². The average Bonchev–Trinajstić information content (AvgIpc) is 3.23. The molecule has 0 spiro atoms. The number of aryl methyl sites for hydroxylation is 2. The van der Waals surface area contributed by atoms with E-state index < -0.39 is 0 Å². The molecule has 0 saturated carbocycles. The van der Waals surface area contributed by atoms with Crippen LogP contribution in [-0.2, 0) is 13.0 Å². The van der Waals surface area contributed by atoms with Crippen molar-refractivity contribution in [1.82, 2.24) is 9.55 Å². The van der Waals surface area contributed by atoms with E-state index in [0.29, 0.717) is 24.2 Å². The van der Waals surface area contributed by atoms with Gasteiger partial charge in [-0.25, -0.2) is 0 Å². The highest BCUT2D eigenvalue weighted by molar-refractivity contribution is 7.99. The Labute approximate surface area is 318 Å². The van der Waals surface area contributed by atoms with Crippen LogP contribution in [0.15, 0.2) is 191 Å². The molecule has 1 atom stereocenters. The molecule has 0 fully saturated rings. The zero-order valence-electron chi connectivity index (χ0n) is 29.3. The van der Waals surface area contributed by atoms with Gasteiger partial charge < -0.3 is 19.9 Å². The lowest BCUT2D eigenvalue weighted by atomic mass is 10.0. The van der Waals surface area contributed by atoms with Crippen LogP contribution >= 0.6 is 11.8 Å². The fraction of sp³-hybridized carbons (Fsp3) is 0.0638. The number of aromatic nitrogens is 2. The first-order chi connectivity index (χ1) is 26.6. The molecule has 6 nitrogen and oxygen atoms in total. The molecular weight excluding hydrogens is 685 g/mol. The van der Waals surface area contributed by atoms with E-state index in [1.165, 1.54) is 5.56 Å². The van der Waals surface area contributed by atoms with Gasteiger partial charge in [0, 0.05) is 27.6 Å². The van der Waals surface area contributed by atoms with Crippen LogP contribution in [0.5, 0.6) is 5.75 Å². The number of aromatic hydroxyl groups is 1. The summed E-state index contributed by atoms with van der Waals surface area (Å²) in [6.07, 6.45) is 0.225. The van der Waals surface area contributed by atoms with Crippen LogP contribution in [0, 0.1) is 0 Å². The van der Waals surface area contributed by atoms with Crippen molar-refractivity contribution in [2.45, 2.75) is 28.9 Å². The summed E-state index contributed by atoms with van der Waals surface area (Å²) in [5.41, 5.74) is 8.72. The van der Waals surface area contributed by atoms with Gasteiger partial charge in [-0.2, -0.15) is 4.98 Å². The second-order valence-electron chi connectivity index (χ2n) is 13.3. The van der Waals surface area contributed by atoms with Gasteiger partial charge in [-0.15, -0.1) is 0 Å². The number of hydrogen-bond acceptors (Lipinski definition) is 6. The van der Waals surface area contributed by atoms with Crippen LogP contribution in [0.1, 0.15) is 17.3 Å². The third kappa shape index (κ3) is 6.39. The Morgan fingerprint density at radius 2 is 1.26 bits per heavy atom. The Hall–Kier alpha value is -6.57. The van der Waals surface area contributed by atoms with Crippen molar-refractivity contribution in [3.05, 3.63) is 197 Å². The topological polar surface area (TPSA) is 70.4 Å². The maximum absolute atomic E-state index is 13.2. The molecule has 1 unspecified atom stereocenters. The molecular formula is C47H36N4O2S. The lowest BCUT2D eigenvalue weighted by Crippen LogP contribution is -2.32. The first-order valence-corrected chi connectivity index (χ1v) is 18.9. The number of nitrogens with zero attached hydrogens (tertiary/aromatic N) is 3. The van der Waals surface area contributed by atoms with Gasteiger partial charge in [-0.05, 0) is 77.2 Å². The molecule has 8 aromatic rings. The zero-order valence-corrected chi connectivity index (χ0v) is 30.2. The van der Waals surface area contributed by atoms with Gasteiger partial charge in [0.05, 0.1) is 22.3 Å². The van der Waals surface area contributed by atoms with Crippen molar-refractivity contribution in [1.29, 1.82) is 0 Å². The highest BCUT2D eigenvalue weighted by Crippen LogP contribution is 2.53. The minimum atomic E-state index is -0.285. The second kappa shape index (κ2) is 14.5. The SMILES string of the molecule is O=c1nc(-c2ccccc2)n(CCc2cc3c(cc2O)Sc2ccccc2N3C(Nc2ccccc2)c2ccc(-c3ccccc3)cc2)c2ccccc12. The van der Waals surface area contributed by atoms with Crippen molar-refractivity contribution >= 4 is 39.7 Å². The minimum Gasteiger partial charge on any atom is -0.508 e. The monoisotopic (exact) mass is 720 g/mol. The van der Waals surface area contributed by atoms with E-state index in [0.717, 1.165) is 54.6 Å². The Morgan fingerprint density at radius 1 is 0.630 bits per heavy atom. The molecule has 7 heteroatoms. The lowest BCUT2D eigenvalue weighted by molar-refractivity contribution is 0.464. The van der Waals surface area contributed by atoms with E-state index >= 15 is 0 Å². The molecule has 54 heavy (non-hydrogen) atoms. The largest absolute Gasteiger partial charge is 0.508 e. The van der Waals surface area contributed by atoms with Gasteiger partial charge in [-0.1, -0.05) is 139 Å². The van der Waals surface area contributed by atoms with Gasteiger partial charge in [-0.3, -0.25) is 4.79 Å². The number of benzene rings is 7. The maximum Gasteiger partial charge on any atom is 0.281 e. The predicted octanol–water partition coefficient (Wildman–Crippen LogP) is 11.1. The van der Waals surface area contributed by atoms with Gasteiger partial charge in [0.1, 0.15) is 17.7 Å². The number of nitrogens with one attached hydrogen (secondary N) is 1. The molecule has 2 N–H and O–H groups in total. The summed E-state index contributed by atoms with van der Waals surface area (Å²) in [5, 5.41) is 16.1. The Kier molecular flexibility index (Phi) is 8.91. The van der Waals surface area contributed by atoms with Crippen LogP contribution in [0.2, 0.25) is 0 Å². The highest BCUT2D eigenvalue weighted by atomic mass is 32.2. The molecule has 262 valence electrons. The van der Waals surface area contributed by atoms with Gasteiger partial charge >= 0.3 is 0 Å². The molecule has 0 radical (unpaired) electrons. The molecule has 7 aromatic carbocycles. The number of para-hydroxylation sites is 3. The van der Waals surface area contributed by atoms with Gasteiger partial charge in [0.2, 0.25) is 0 Å². The molecule has 0 aliphatic carbocycles. The minimum absolute atomic E-state index is 0.236. The van der Waals surface area contributed by atoms with Crippen LogP contribution < -0.4 is 15.8 Å². The van der Waals surface area contributed by atoms with E-state index in [9.17, 15) is 9.90 Å². The van der Waals surface area contributed by atoms with E-state index in [1.54, 1.807) is 11.8 Å². The highest BCUT2D eigenvalue weighted by Gasteiger charge is 2.32. The molecule has 1 aromatic heterocycles. The first-order valence-electron chi connectivity index (χ1n) is 18.0. The van der Waals surface area contributed by atoms with Crippen molar-refractivity contribution in [3.63, 3.8) is 0 Å². The number of anilines is 3.